The SMILES string of the molecule is Cc1ccc(S(=O)(=O)Nc2cnc(Cl)cn2)c(Cl)c1. The highest BCUT2D eigenvalue weighted by Crippen LogP contribution is 2.24. The fraction of sp³-hybridized carbons (Fsp3) is 0.0909. The fourth-order valence-corrected chi connectivity index (χ4v) is 3.07. The molecule has 100 valence electrons. The third kappa shape index (κ3) is 3.34. The van der Waals surface area contributed by atoms with E-state index in [2.05, 4.69) is 14.7 Å². The second-order valence-corrected chi connectivity index (χ2v) is 6.21. The Morgan fingerprint density at radius 2 is 1.89 bits per heavy atom. The summed E-state index contributed by atoms with van der Waals surface area (Å²) >= 11 is 11.5. The van der Waals surface area contributed by atoms with Gasteiger partial charge in [0.15, 0.2) is 5.82 Å². The highest BCUT2D eigenvalue weighted by Gasteiger charge is 2.18. The second kappa shape index (κ2) is 5.32. The van der Waals surface area contributed by atoms with Gasteiger partial charge in [-0.3, -0.25) is 4.72 Å². The summed E-state index contributed by atoms with van der Waals surface area (Å²) in [6.07, 6.45) is 2.47. The summed E-state index contributed by atoms with van der Waals surface area (Å²) in [4.78, 5) is 7.53. The predicted molar refractivity (Wildman–Crippen MR) is 74.0 cm³/mol. The van der Waals surface area contributed by atoms with Crippen LogP contribution in [-0.4, -0.2) is 18.4 Å². The number of rotatable bonds is 3. The molecule has 0 spiro atoms. The van der Waals surface area contributed by atoms with Crippen molar-refractivity contribution in [2.45, 2.75) is 11.8 Å². The average molecular weight is 318 g/mol. The molecule has 5 nitrogen and oxygen atoms in total. The molecule has 2 rings (SSSR count). The van der Waals surface area contributed by atoms with Crippen molar-refractivity contribution in [2.24, 2.45) is 0 Å². The van der Waals surface area contributed by atoms with Gasteiger partial charge in [-0.15, -0.1) is 0 Å². The minimum absolute atomic E-state index is 0.0171. The maximum Gasteiger partial charge on any atom is 0.264 e. The summed E-state index contributed by atoms with van der Waals surface area (Å²) in [6.45, 7) is 1.82. The molecule has 1 aromatic carbocycles. The van der Waals surface area contributed by atoms with Gasteiger partial charge in [0.2, 0.25) is 0 Å². The normalized spacial score (nSPS) is 11.3. The number of sulfonamides is 1. The van der Waals surface area contributed by atoms with E-state index in [4.69, 9.17) is 23.2 Å². The molecule has 0 saturated carbocycles. The van der Waals surface area contributed by atoms with Crippen LogP contribution >= 0.6 is 23.2 Å². The fourth-order valence-electron chi connectivity index (χ4n) is 1.38. The number of nitrogens with zero attached hydrogens (tertiary/aromatic N) is 2. The first-order valence-electron chi connectivity index (χ1n) is 5.15. The summed E-state index contributed by atoms with van der Waals surface area (Å²) in [7, 11) is -3.80. The van der Waals surface area contributed by atoms with Crippen LogP contribution in [0.5, 0.6) is 0 Å². The van der Waals surface area contributed by atoms with Crippen LogP contribution in [0, 0.1) is 6.92 Å². The van der Waals surface area contributed by atoms with Crippen molar-refractivity contribution in [2.75, 3.05) is 4.72 Å². The average Bonchev–Trinajstić information content (AvgIpc) is 2.31. The standard InChI is InChI=1S/C11H9Cl2N3O2S/c1-7-2-3-9(8(12)4-7)19(17,18)16-11-6-14-10(13)5-15-11/h2-6H,1H3,(H,15,16). The van der Waals surface area contributed by atoms with Crippen LogP contribution in [0.4, 0.5) is 5.82 Å². The summed E-state index contributed by atoms with van der Waals surface area (Å²) in [5, 5.41) is 0.325. The number of hydrogen-bond donors (Lipinski definition) is 1. The smallest absolute Gasteiger partial charge is 0.262 e. The van der Waals surface area contributed by atoms with Crippen LogP contribution in [0.15, 0.2) is 35.5 Å². The molecule has 0 bridgehead atoms. The van der Waals surface area contributed by atoms with Gasteiger partial charge in [-0.1, -0.05) is 29.3 Å². The molecule has 0 atom stereocenters. The van der Waals surface area contributed by atoms with Gasteiger partial charge in [-0.25, -0.2) is 18.4 Å². The van der Waals surface area contributed by atoms with Crippen LogP contribution < -0.4 is 4.72 Å². The Morgan fingerprint density at radius 1 is 1.16 bits per heavy atom. The number of halogens is 2. The first-order valence-corrected chi connectivity index (χ1v) is 7.39. The lowest BCUT2D eigenvalue weighted by Crippen LogP contribution is -2.14. The van der Waals surface area contributed by atoms with Crippen molar-refractivity contribution in [3.63, 3.8) is 0 Å². The van der Waals surface area contributed by atoms with Crippen molar-refractivity contribution >= 4 is 39.0 Å². The number of aromatic nitrogens is 2. The molecule has 0 unspecified atom stereocenters. The van der Waals surface area contributed by atoms with Gasteiger partial charge in [0.25, 0.3) is 10.0 Å². The van der Waals surface area contributed by atoms with Crippen LogP contribution in [0.25, 0.3) is 0 Å². The van der Waals surface area contributed by atoms with E-state index in [0.29, 0.717) is 0 Å². The maximum atomic E-state index is 12.1. The minimum Gasteiger partial charge on any atom is -0.262 e. The van der Waals surface area contributed by atoms with Gasteiger partial charge >= 0.3 is 0 Å². The second-order valence-electron chi connectivity index (χ2n) is 3.76. The molecule has 1 aromatic heterocycles. The van der Waals surface area contributed by atoms with E-state index in [0.717, 1.165) is 5.56 Å². The molecule has 1 heterocycles. The molecule has 2 aromatic rings. The Bertz CT molecular complexity index is 702. The zero-order chi connectivity index (χ0) is 14.0. The molecule has 0 saturated heterocycles. The summed E-state index contributed by atoms with van der Waals surface area (Å²) in [6, 6.07) is 4.67. The Kier molecular flexibility index (Phi) is 3.93. The van der Waals surface area contributed by atoms with Crippen LogP contribution in [0.3, 0.4) is 0 Å². The molecule has 0 fully saturated rings. The lowest BCUT2D eigenvalue weighted by atomic mass is 10.2. The van der Waals surface area contributed by atoms with Crippen molar-refractivity contribution in [3.8, 4) is 0 Å². The maximum absolute atomic E-state index is 12.1. The van der Waals surface area contributed by atoms with Crippen LogP contribution in [0.1, 0.15) is 5.56 Å². The van der Waals surface area contributed by atoms with Crippen molar-refractivity contribution in [1.82, 2.24) is 9.97 Å². The Labute approximate surface area is 120 Å². The van der Waals surface area contributed by atoms with Crippen LogP contribution in [0.2, 0.25) is 10.2 Å². The largest absolute Gasteiger partial charge is 0.264 e. The van der Waals surface area contributed by atoms with E-state index in [-0.39, 0.29) is 20.9 Å². The molecule has 0 radical (unpaired) electrons. The zero-order valence-electron chi connectivity index (χ0n) is 9.76. The molecule has 1 N–H and O–H groups in total. The van der Waals surface area contributed by atoms with E-state index in [1.165, 1.54) is 18.5 Å². The van der Waals surface area contributed by atoms with Crippen molar-refractivity contribution in [3.05, 3.63) is 46.3 Å². The van der Waals surface area contributed by atoms with E-state index in [1.807, 2.05) is 6.92 Å². The first kappa shape index (κ1) is 14.0. The Hall–Kier alpha value is -1.37. The number of hydrogen-bond acceptors (Lipinski definition) is 4. The molecule has 19 heavy (non-hydrogen) atoms. The number of nitrogens with one attached hydrogen (secondary N) is 1. The quantitative estimate of drug-likeness (QED) is 0.944. The lowest BCUT2D eigenvalue weighted by Gasteiger charge is -2.08. The van der Waals surface area contributed by atoms with Gasteiger partial charge < -0.3 is 0 Å². The van der Waals surface area contributed by atoms with E-state index < -0.39 is 10.0 Å². The van der Waals surface area contributed by atoms with Gasteiger partial charge in [0, 0.05) is 0 Å². The predicted octanol–water partition coefficient (Wildman–Crippen LogP) is 2.89. The lowest BCUT2D eigenvalue weighted by molar-refractivity contribution is 0.601. The third-order valence-corrected chi connectivity index (χ3v) is 4.27. The van der Waals surface area contributed by atoms with Crippen molar-refractivity contribution in [1.29, 1.82) is 0 Å². The summed E-state index contributed by atoms with van der Waals surface area (Å²) in [5.41, 5.74) is 0.871. The van der Waals surface area contributed by atoms with E-state index in [9.17, 15) is 8.42 Å². The zero-order valence-corrected chi connectivity index (χ0v) is 12.1. The van der Waals surface area contributed by atoms with E-state index in [1.54, 1.807) is 12.1 Å². The number of benzene rings is 1. The molecular formula is C11H9Cl2N3O2S. The van der Waals surface area contributed by atoms with Gasteiger partial charge in [0.1, 0.15) is 10.0 Å². The highest BCUT2D eigenvalue weighted by molar-refractivity contribution is 7.92. The molecule has 0 aliphatic rings. The Morgan fingerprint density at radius 3 is 2.47 bits per heavy atom. The monoisotopic (exact) mass is 317 g/mol. The topological polar surface area (TPSA) is 72.0 Å². The van der Waals surface area contributed by atoms with Gasteiger partial charge in [-0.2, -0.15) is 0 Å². The number of anilines is 1. The summed E-state index contributed by atoms with van der Waals surface area (Å²) in [5.74, 6) is 0.0704. The molecular weight excluding hydrogens is 309 g/mol. The summed E-state index contributed by atoms with van der Waals surface area (Å²) < 4.78 is 26.5. The van der Waals surface area contributed by atoms with Gasteiger partial charge in [-0.05, 0) is 24.6 Å². The van der Waals surface area contributed by atoms with Crippen LogP contribution in [-0.2, 0) is 10.0 Å². The van der Waals surface area contributed by atoms with E-state index >= 15 is 0 Å². The highest BCUT2D eigenvalue weighted by atomic mass is 35.5. The molecule has 0 aliphatic carbocycles. The van der Waals surface area contributed by atoms with Gasteiger partial charge in [0.05, 0.1) is 17.4 Å². The molecule has 0 aliphatic heterocycles. The van der Waals surface area contributed by atoms with Crippen molar-refractivity contribution < 1.29 is 8.42 Å². The number of aryl methyl sites for hydroxylation is 1. The minimum atomic E-state index is -3.80. The first-order chi connectivity index (χ1) is 8.88. The molecule has 0 amide bonds. The third-order valence-electron chi connectivity index (χ3n) is 2.24. The Balaban J connectivity index is 2.35. The molecule has 8 heteroatoms.